The highest BCUT2D eigenvalue weighted by Crippen LogP contribution is 2.64. The maximum atomic E-state index is 12.5. The molecule has 0 radical (unpaired) electrons. The summed E-state index contributed by atoms with van der Waals surface area (Å²) in [6.07, 6.45) is 6.56. The fourth-order valence-electron chi connectivity index (χ4n) is 10.2. The topological polar surface area (TPSA) is 99.1 Å². The second-order valence-corrected chi connectivity index (χ2v) is 13.4. The largest absolute Gasteiger partial charge is 0.504 e. The molecule has 0 aromatic heterocycles. The van der Waals surface area contributed by atoms with E-state index in [0.717, 1.165) is 62.7 Å². The van der Waals surface area contributed by atoms with Crippen LogP contribution in [0, 0.1) is 5.92 Å². The van der Waals surface area contributed by atoms with Gasteiger partial charge < -0.3 is 25.2 Å². The lowest BCUT2D eigenvalue weighted by atomic mass is 9.49. The van der Waals surface area contributed by atoms with E-state index in [4.69, 9.17) is 4.74 Å². The summed E-state index contributed by atoms with van der Waals surface area (Å²) >= 11 is 0. The Kier molecular flexibility index (Phi) is 5.25. The molecule has 7 heteroatoms. The first-order valence-electron chi connectivity index (χ1n) is 15.1. The lowest BCUT2D eigenvalue weighted by molar-refractivity contribution is -0.185. The van der Waals surface area contributed by atoms with E-state index in [-0.39, 0.29) is 23.0 Å². The molecular weight excluding hydrogens is 504 g/mol. The van der Waals surface area contributed by atoms with E-state index < -0.39 is 17.1 Å². The summed E-state index contributed by atoms with van der Waals surface area (Å²) in [5, 5.41) is 25.5. The number of carbonyl (C=O) groups excluding carboxylic acids is 2. The van der Waals surface area contributed by atoms with E-state index >= 15 is 0 Å². The number of hydrogen-bond acceptors (Lipinski definition) is 7. The third-order valence-corrected chi connectivity index (χ3v) is 11.9. The number of phenolic OH excluding ortho intramolecular Hbond substituents is 1. The van der Waals surface area contributed by atoms with Crippen LogP contribution in [0.25, 0.3) is 0 Å². The van der Waals surface area contributed by atoms with Gasteiger partial charge in [0.2, 0.25) is 0 Å². The molecule has 3 N–H and O–H groups in total. The average Bonchev–Trinajstić information content (AvgIpc) is 3.31. The van der Waals surface area contributed by atoms with Crippen LogP contribution in [0.2, 0.25) is 0 Å². The number of Topliss-reactive ketones (excluding diaryl/α,β-unsaturated/α-hetero) is 2. The SMILES string of the molecule is CN1CC[C@]23c4c5ccc(O)c4O[C@H]2C(=O)CC[C@@]3(O)[C@H]1C5.O=C1CC[C@H]2[C@H]3Cc4ccccc4[C@@]2(CCN3)C1. The lowest BCUT2D eigenvalue weighted by Gasteiger charge is -2.61. The number of ketones is 2. The van der Waals surface area contributed by atoms with Gasteiger partial charge in [0.25, 0.3) is 0 Å². The second-order valence-electron chi connectivity index (χ2n) is 13.4. The first-order valence-corrected chi connectivity index (χ1v) is 15.1. The first kappa shape index (κ1) is 25.0. The quantitative estimate of drug-likeness (QED) is 0.471. The molecule has 2 saturated heterocycles. The van der Waals surface area contributed by atoms with E-state index in [9.17, 15) is 19.8 Å². The third-order valence-electron chi connectivity index (χ3n) is 11.9. The van der Waals surface area contributed by atoms with Gasteiger partial charge in [-0.25, -0.2) is 0 Å². The van der Waals surface area contributed by atoms with E-state index in [1.54, 1.807) is 6.07 Å². The van der Waals surface area contributed by atoms with Crippen molar-refractivity contribution in [1.82, 2.24) is 10.2 Å². The molecule has 0 unspecified atom stereocenters. The minimum absolute atomic E-state index is 0.00319. The molecule has 0 amide bonds. The maximum Gasteiger partial charge on any atom is 0.174 e. The van der Waals surface area contributed by atoms with E-state index in [2.05, 4.69) is 34.5 Å². The maximum absolute atomic E-state index is 12.5. The van der Waals surface area contributed by atoms with Crippen LogP contribution >= 0.6 is 0 Å². The molecule has 3 heterocycles. The van der Waals surface area contributed by atoms with Crippen molar-refractivity contribution in [3.05, 3.63) is 58.7 Å². The summed E-state index contributed by atoms with van der Waals surface area (Å²) in [7, 11) is 2.04. The van der Waals surface area contributed by atoms with E-state index in [1.807, 2.05) is 13.1 Å². The molecule has 4 aliphatic carbocycles. The Morgan fingerprint density at radius 2 is 1.88 bits per heavy atom. The number of rotatable bonds is 0. The molecule has 4 fully saturated rings. The molecule has 4 bridgehead atoms. The number of fused-ring (bicyclic) bond motifs is 1. The monoisotopic (exact) mass is 542 g/mol. The Morgan fingerprint density at radius 3 is 2.75 bits per heavy atom. The molecule has 2 aromatic carbocycles. The van der Waals surface area contributed by atoms with Gasteiger partial charge in [-0.2, -0.15) is 0 Å². The number of aromatic hydroxyl groups is 1. The minimum atomic E-state index is -0.954. The highest BCUT2D eigenvalue weighted by atomic mass is 16.5. The normalized spacial score (nSPS) is 40.1. The van der Waals surface area contributed by atoms with Gasteiger partial charge in [0, 0.05) is 42.3 Å². The van der Waals surface area contributed by atoms with Crippen LogP contribution in [0.15, 0.2) is 36.4 Å². The standard InChI is InChI=1S/C17H19NO4.C16H19NO/c1-18-7-6-16-13-9-2-3-10(19)14(13)22-15(16)11(20)4-5-17(16,21)12(18)8-9;18-12-5-6-14-15-9-11-3-1-2-4-13(11)16(14,10-12)7-8-17-15/h2-3,12,15,19,21H,4-8H2,1H3;1-4,14-15,17H,5-10H2/t12-,15+,16+,17-;14-,15+,16+/m10/s1. The number of piperidine rings is 2. The molecule has 7 aliphatic rings. The van der Waals surface area contributed by atoms with Crippen molar-refractivity contribution in [2.45, 2.75) is 92.4 Å². The lowest BCUT2D eigenvalue weighted by Crippen LogP contribution is -2.76. The summed E-state index contributed by atoms with van der Waals surface area (Å²) in [4.78, 5) is 26.7. The Labute approximate surface area is 234 Å². The molecule has 7 atom stereocenters. The summed E-state index contributed by atoms with van der Waals surface area (Å²) in [5.74, 6) is 1.72. The first-order chi connectivity index (χ1) is 19.3. The van der Waals surface area contributed by atoms with Crippen molar-refractivity contribution in [3.63, 3.8) is 0 Å². The number of ether oxygens (including phenoxy) is 1. The molecule has 1 spiro atoms. The van der Waals surface area contributed by atoms with Crippen molar-refractivity contribution in [3.8, 4) is 11.5 Å². The van der Waals surface area contributed by atoms with Crippen LogP contribution < -0.4 is 10.1 Å². The van der Waals surface area contributed by atoms with E-state index in [1.165, 1.54) is 11.1 Å². The summed E-state index contributed by atoms with van der Waals surface area (Å²) in [6, 6.07) is 13.0. The molecule has 7 nitrogen and oxygen atoms in total. The Bertz CT molecular complexity index is 1440. The van der Waals surface area contributed by atoms with Gasteiger partial charge in [-0.1, -0.05) is 30.3 Å². The predicted molar refractivity (Wildman–Crippen MR) is 149 cm³/mol. The zero-order valence-corrected chi connectivity index (χ0v) is 23.1. The fraction of sp³-hybridized carbons (Fsp3) is 0.576. The molecular formula is C33H38N2O5. The summed E-state index contributed by atoms with van der Waals surface area (Å²) in [6.45, 7) is 1.90. The number of nitrogens with one attached hydrogen (secondary N) is 1. The van der Waals surface area contributed by atoms with Crippen molar-refractivity contribution < 1.29 is 24.5 Å². The van der Waals surface area contributed by atoms with Crippen molar-refractivity contribution in [2.75, 3.05) is 20.1 Å². The van der Waals surface area contributed by atoms with Gasteiger partial charge in [0.05, 0.1) is 11.0 Å². The van der Waals surface area contributed by atoms with Crippen LogP contribution in [0.3, 0.4) is 0 Å². The molecule has 3 aliphatic heterocycles. The van der Waals surface area contributed by atoms with Gasteiger partial charge in [-0.05, 0) is 87.3 Å². The third kappa shape index (κ3) is 3.01. The molecule has 2 saturated carbocycles. The predicted octanol–water partition coefficient (Wildman–Crippen LogP) is 2.96. The van der Waals surface area contributed by atoms with Crippen molar-refractivity contribution in [1.29, 1.82) is 0 Å². The van der Waals surface area contributed by atoms with Crippen molar-refractivity contribution in [2.24, 2.45) is 5.92 Å². The number of aliphatic hydroxyl groups is 1. The fourth-order valence-corrected chi connectivity index (χ4v) is 10.2. The number of phenols is 1. The number of benzene rings is 2. The van der Waals surface area contributed by atoms with E-state index in [0.29, 0.717) is 42.8 Å². The van der Waals surface area contributed by atoms with Crippen LogP contribution in [0.5, 0.6) is 11.5 Å². The van der Waals surface area contributed by atoms with Gasteiger partial charge >= 0.3 is 0 Å². The van der Waals surface area contributed by atoms with Crippen LogP contribution in [-0.4, -0.2) is 70.6 Å². The Morgan fingerprint density at radius 1 is 1.02 bits per heavy atom. The highest BCUT2D eigenvalue weighted by Gasteiger charge is 2.72. The second kappa shape index (κ2) is 8.40. The molecule has 2 aromatic rings. The van der Waals surface area contributed by atoms with Gasteiger partial charge in [-0.15, -0.1) is 0 Å². The van der Waals surface area contributed by atoms with Crippen LogP contribution in [-0.2, 0) is 33.3 Å². The van der Waals surface area contributed by atoms with Crippen LogP contribution in [0.4, 0.5) is 0 Å². The Hall–Kier alpha value is -2.74. The van der Waals surface area contributed by atoms with Gasteiger partial charge in [-0.3, -0.25) is 9.59 Å². The summed E-state index contributed by atoms with van der Waals surface area (Å²) in [5.41, 5.74) is 3.50. The van der Waals surface area contributed by atoms with Gasteiger partial charge in [0.15, 0.2) is 23.4 Å². The molecule has 210 valence electrons. The van der Waals surface area contributed by atoms with Gasteiger partial charge in [0.1, 0.15) is 5.78 Å². The Balaban J connectivity index is 0.000000125. The zero-order valence-electron chi connectivity index (χ0n) is 23.1. The number of likely N-dealkylation sites (tertiary alicyclic amines) is 1. The number of likely N-dealkylation sites (N-methyl/N-ethyl adjacent to an activating group) is 1. The zero-order chi connectivity index (χ0) is 27.4. The number of carbonyl (C=O) groups is 2. The van der Waals surface area contributed by atoms with Crippen LogP contribution in [0.1, 0.15) is 67.2 Å². The highest BCUT2D eigenvalue weighted by molar-refractivity contribution is 5.90. The molecule has 9 rings (SSSR count). The minimum Gasteiger partial charge on any atom is -0.504 e. The molecule has 40 heavy (non-hydrogen) atoms. The average molecular weight is 543 g/mol. The number of hydrogen-bond donors (Lipinski definition) is 3. The summed E-state index contributed by atoms with van der Waals surface area (Å²) < 4.78 is 5.94. The number of nitrogens with zero attached hydrogens (tertiary/aromatic N) is 1. The van der Waals surface area contributed by atoms with Crippen molar-refractivity contribution >= 4 is 11.6 Å². The smallest absolute Gasteiger partial charge is 0.174 e.